The Bertz CT molecular complexity index is 768. The summed E-state index contributed by atoms with van der Waals surface area (Å²) in [5, 5.41) is 2.37. The molecule has 1 aromatic heterocycles. The maximum absolute atomic E-state index is 12.3. The molecule has 1 amide bonds. The monoisotopic (exact) mass is 394 g/mol. The molecule has 0 unspecified atom stereocenters. The molecule has 0 saturated heterocycles. The normalized spacial score (nSPS) is 10.3. The van der Waals surface area contributed by atoms with Gasteiger partial charge in [0.15, 0.2) is 11.5 Å². The molecule has 1 heterocycles. The zero-order valence-electron chi connectivity index (χ0n) is 11.9. The van der Waals surface area contributed by atoms with Crippen LogP contribution in [0.3, 0.4) is 0 Å². The van der Waals surface area contributed by atoms with Gasteiger partial charge in [0, 0.05) is 11.8 Å². The molecule has 1 aromatic carbocycles. The zero-order chi connectivity index (χ0) is 17.1. The average Bonchev–Trinajstić information content (AvgIpc) is 2.55. The number of benzene rings is 1. The van der Waals surface area contributed by atoms with E-state index in [1.165, 1.54) is 14.2 Å². The van der Waals surface area contributed by atoms with Gasteiger partial charge in [-0.15, -0.1) is 0 Å². The van der Waals surface area contributed by atoms with Crippen LogP contribution in [0.1, 0.15) is 10.5 Å². The molecule has 0 fully saturated rings. The molecule has 23 heavy (non-hydrogen) atoms. The molecule has 122 valence electrons. The van der Waals surface area contributed by atoms with Gasteiger partial charge in [-0.1, -0.05) is 46.4 Å². The number of carbonyl (C=O) groups excluding carboxylic acids is 1. The highest BCUT2D eigenvalue weighted by molar-refractivity contribution is 6.52. The minimum Gasteiger partial charge on any atom is -0.493 e. The molecular weight excluding hydrogens is 386 g/mol. The number of halogens is 4. The number of hydrogen-bond donors (Lipinski definition) is 1. The summed E-state index contributed by atoms with van der Waals surface area (Å²) in [5.41, 5.74) is 0.313. The number of nitrogens with zero attached hydrogens (tertiary/aromatic N) is 1. The van der Waals surface area contributed by atoms with Crippen LogP contribution >= 0.6 is 46.4 Å². The number of amides is 1. The van der Waals surface area contributed by atoms with Crippen molar-refractivity contribution in [2.24, 2.45) is 0 Å². The molecule has 0 radical (unpaired) electrons. The van der Waals surface area contributed by atoms with Crippen molar-refractivity contribution in [2.75, 3.05) is 19.5 Å². The first kappa shape index (κ1) is 17.9. The Hall–Kier alpha value is -1.40. The van der Waals surface area contributed by atoms with Gasteiger partial charge in [0.1, 0.15) is 10.8 Å². The fourth-order valence-electron chi connectivity index (χ4n) is 1.74. The molecular formula is C14H10Cl4N2O3. The van der Waals surface area contributed by atoms with Gasteiger partial charge < -0.3 is 14.8 Å². The van der Waals surface area contributed by atoms with Crippen LogP contribution < -0.4 is 14.8 Å². The van der Waals surface area contributed by atoms with Gasteiger partial charge in [-0.3, -0.25) is 4.79 Å². The van der Waals surface area contributed by atoms with Crippen molar-refractivity contribution in [3.05, 3.63) is 44.1 Å². The highest BCUT2D eigenvalue weighted by Crippen LogP contribution is 2.36. The molecule has 0 atom stereocenters. The number of anilines is 1. The third-order valence-corrected chi connectivity index (χ3v) is 4.52. The summed E-state index contributed by atoms with van der Waals surface area (Å²) < 4.78 is 10.3. The summed E-state index contributed by atoms with van der Waals surface area (Å²) in [4.78, 5) is 16.2. The SMILES string of the molecule is COc1ccc(NC(=O)c2nc(Cl)c(Cl)c(Cl)c2Cl)cc1OC. The van der Waals surface area contributed by atoms with Crippen LogP contribution in [0.15, 0.2) is 18.2 Å². The molecule has 0 aliphatic carbocycles. The number of aromatic nitrogens is 1. The first-order valence-electron chi connectivity index (χ1n) is 6.12. The van der Waals surface area contributed by atoms with Gasteiger partial charge in [-0.05, 0) is 12.1 Å². The summed E-state index contributed by atoms with van der Waals surface area (Å²) in [7, 11) is 3.00. The highest BCUT2D eigenvalue weighted by Gasteiger charge is 2.20. The standard InChI is InChI=1S/C14H10Cl4N2O3/c1-22-7-4-3-6(5-8(7)23-2)19-14(21)12-10(16)9(15)11(17)13(18)20-12/h3-5H,1-2H3,(H,19,21). The molecule has 0 bridgehead atoms. The molecule has 0 aliphatic rings. The second-order valence-corrected chi connectivity index (χ2v) is 5.71. The largest absolute Gasteiger partial charge is 0.493 e. The topological polar surface area (TPSA) is 60.5 Å². The fraction of sp³-hybridized carbons (Fsp3) is 0.143. The second-order valence-electron chi connectivity index (χ2n) is 4.22. The van der Waals surface area contributed by atoms with E-state index in [0.29, 0.717) is 17.2 Å². The molecule has 0 aliphatic heterocycles. The molecule has 0 saturated carbocycles. The number of methoxy groups -OCH3 is 2. The summed E-state index contributed by atoms with van der Waals surface area (Å²) in [6.45, 7) is 0. The molecule has 5 nitrogen and oxygen atoms in total. The lowest BCUT2D eigenvalue weighted by molar-refractivity contribution is 0.102. The molecule has 9 heteroatoms. The van der Waals surface area contributed by atoms with Gasteiger partial charge in [-0.2, -0.15) is 0 Å². The number of ether oxygens (including phenoxy) is 2. The third kappa shape index (κ3) is 3.75. The van der Waals surface area contributed by atoms with Crippen molar-refractivity contribution in [1.82, 2.24) is 4.98 Å². The van der Waals surface area contributed by atoms with Crippen LogP contribution in [-0.2, 0) is 0 Å². The van der Waals surface area contributed by atoms with Gasteiger partial charge in [0.2, 0.25) is 0 Å². The Morgan fingerprint density at radius 3 is 2.26 bits per heavy atom. The minimum atomic E-state index is -0.595. The summed E-state index contributed by atoms with van der Waals surface area (Å²) in [6, 6.07) is 4.86. The molecule has 0 spiro atoms. The van der Waals surface area contributed by atoms with Crippen molar-refractivity contribution in [2.45, 2.75) is 0 Å². The lowest BCUT2D eigenvalue weighted by Gasteiger charge is -2.11. The Morgan fingerprint density at radius 2 is 1.65 bits per heavy atom. The third-order valence-electron chi connectivity index (χ3n) is 2.84. The average molecular weight is 396 g/mol. The lowest BCUT2D eigenvalue weighted by atomic mass is 10.2. The summed E-state index contributed by atoms with van der Waals surface area (Å²) in [5.74, 6) is 0.387. The smallest absolute Gasteiger partial charge is 0.275 e. The van der Waals surface area contributed by atoms with Gasteiger partial charge in [-0.25, -0.2) is 4.98 Å². The van der Waals surface area contributed by atoms with E-state index in [-0.39, 0.29) is 25.9 Å². The van der Waals surface area contributed by atoms with Gasteiger partial charge >= 0.3 is 0 Å². The van der Waals surface area contributed by atoms with E-state index >= 15 is 0 Å². The van der Waals surface area contributed by atoms with Crippen LogP contribution in [0.25, 0.3) is 0 Å². The Morgan fingerprint density at radius 1 is 1.00 bits per heavy atom. The van der Waals surface area contributed by atoms with Crippen LogP contribution in [-0.4, -0.2) is 25.1 Å². The van der Waals surface area contributed by atoms with E-state index in [0.717, 1.165) is 0 Å². The number of rotatable bonds is 4. The van der Waals surface area contributed by atoms with Crippen LogP contribution in [0.5, 0.6) is 11.5 Å². The highest BCUT2D eigenvalue weighted by atomic mass is 35.5. The predicted octanol–water partition coefficient (Wildman–Crippen LogP) is 4.96. The Labute approximate surface area is 152 Å². The first-order chi connectivity index (χ1) is 10.9. The molecule has 1 N–H and O–H groups in total. The number of carbonyl (C=O) groups is 1. The van der Waals surface area contributed by atoms with Gasteiger partial charge in [0.05, 0.1) is 29.3 Å². The first-order valence-corrected chi connectivity index (χ1v) is 7.63. The van der Waals surface area contributed by atoms with E-state index in [4.69, 9.17) is 55.9 Å². The quantitative estimate of drug-likeness (QED) is 0.742. The number of nitrogens with one attached hydrogen (secondary N) is 1. The predicted molar refractivity (Wildman–Crippen MR) is 91.8 cm³/mol. The Balaban J connectivity index is 2.33. The van der Waals surface area contributed by atoms with Crippen LogP contribution in [0, 0.1) is 0 Å². The van der Waals surface area contributed by atoms with E-state index in [1.54, 1.807) is 18.2 Å². The molecule has 2 rings (SSSR count). The van der Waals surface area contributed by atoms with Gasteiger partial charge in [0.25, 0.3) is 5.91 Å². The Kier molecular flexibility index (Phi) is 5.81. The zero-order valence-corrected chi connectivity index (χ0v) is 14.9. The number of hydrogen-bond acceptors (Lipinski definition) is 4. The van der Waals surface area contributed by atoms with E-state index in [1.807, 2.05) is 0 Å². The van der Waals surface area contributed by atoms with E-state index < -0.39 is 5.91 Å². The van der Waals surface area contributed by atoms with Crippen molar-refractivity contribution in [3.63, 3.8) is 0 Å². The summed E-state index contributed by atoms with van der Waals surface area (Å²) in [6.07, 6.45) is 0. The summed E-state index contributed by atoms with van der Waals surface area (Å²) >= 11 is 23.6. The maximum Gasteiger partial charge on any atom is 0.275 e. The van der Waals surface area contributed by atoms with Crippen LogP contribution in [0.2, 0.25) is 20.2 Å². The van der Waals surface area contributed by atoms with E-state index in [9.17, 15) is 4.79 Å². The van der Waals surface area contributed by atoms with E-state index in [2.05, 4.69) is 10.3 Å². The molecule has 2 aromatic rings. The van der Waals surface area contributed by atoms with Crippen molar-refractivity contribution in [3.8, 4) is 11.5 Å². The maximum atomic E-state index is 12.3. The minimum absolute atomic E-state index is 0.0130. The number of pyridine rings is 1. The van der Waals surface area contributed by atoms with Crippen LogP contribution in [0.4, 0.5) is 5.69 Å². The van der Waals surface area contributed by atoms with Crippen molar-refractivity contribution >= 4 is 58.0 Å². The lowest BCUT2D eigenvalue weighted by Crippen LogP contribution is -2.15. The van der Waals surface area contributed by atoms with Crippen molar-refractivity contribution in [1.29, 1.82) is 0 Å². The van der Waals surface area contributed by atoms with Crippen molar-refractivity contribution < 1.29 is 14.3 Å². The fourth-order valence-corrected chi connectivity index (χ4v) is 2.56. The second kappa shape index (κ2) is 7.45.